The Morgan fingerprint density at radius 1 is 1.25 bits per heavy atom. The summed E-state index contributed by atoms with van der Waals surface area (Å²) in [7, 11) is 0. The molecule has 20 valence electrons. The van der Waals surface area contributed by atoms with Crippen LogP contribution in [0, 0.1) is 0 Å². The zero-order chi connectivity index (χ0) is 0. The minimum absolute atomic E-state index is 0. The quantitative estimate of drug-likeness (QED) is 0.358. The molecule has 0 atom stereocenters. The Hall–Kier alpha value is 3.28. The summed E-state index contributed by atoms with van der Waals surface area (Å²) in [6.45, 7) is 0. The van der Waals surface area contributed by atoms with Crippen molar-refractivity contribution in [1.29, 1.82) is 0 Å². The van der Waals surface area contributed by atoms with E-state index in [9.17, 15) is 0 Å². The molecule has 0 aromatic heterocycles. The molecule has 4 heteroatoms. The van der Waals surface area contributed by atoms with Gasteiger partial charge in [0.05, 0.1) is 0 Å². The fraction of sp³-hybridized carbons (Fsp3) is 0. The van der Waals surface area contributed by atoms with Crippen LogP contribution in [-0.4, -0.2) is 0 Å². The van der Waals surface area contributed by atoms with Gasteiger partial charge in [-0.15, -0.1) is 36.4 Å². The van der Waals surface area contributed by atoms with Gasteiger partial charge in [0.15, 0.2) is 0 Å². The van der Waals surface area contributed by atoms with E-state index in [2.05, 4.69) is 0 Å². The molecule has 0 amide bonds. The van der Waals surface area contributed by atoms with E-state index < -0.39 is 0 Å². The van der Waals surface area contributed by atoms with Crippen molar-refractivity contribution in [1.82, 2.24) is 0 Å². The van der Waals surface area contributed by atoms with Gasteiger partial charge in [-0.3, -0.25) is 0 Å². The van der Waals surface area contributed by atoms with E-state index in [0.29, 0.717) is 0 Å². The fourth-order valence-electron chi connectivity index (χ4n) is 0. The second-order valence-electron chi connectivity index (χ2n) is 0. The van der Waals surface area contributed by atoms with Crippen LogP contribution >= 0.6 is 36.4 Å². The zero-order valence-corrected chi connectivity index (χ0v) is 11.8. The minimum Gasteiger partial charge on any atom is -1.00 e. The first-order valence-electron chi connectivity index (χ1n) is 0. The Morgan fingerprint density at radius 3 is 1.25 bits per heavy atom. The van der Waals surface area contributed by atoms with E-state index in [4.69, 9.17) is 0 Å². The van der Waals surface area contributed by atoms with E-state index in [-0.39, 0.29) is 109 Å². The summed E-state index contributed by atoms with van der Waals surface area (Å²) in [5.74, 6) is 0. The molecular formula is H3ClIKZn. The molecule has 0 aliphatic heterocycles. The smallest absolute Gasteiger partial charge is 1.00 e. The zero-order valence-electron chi connectivity index (χ0n) is 3.52. The summed E-state index contributed by atoms with van der Waals surface area (Å²) in [6, 6.07) is 0. The van der Waals surface area contributed by atoms with Gasteiger partial charge >= 0.3 is 51.4 Å². The summed E-state index contributed by atoms with van der Waals surface area (Å²) < 4.78 is 0. The molecule has 0 radical (unpaired) electrons. The van der Waals surface area contributed by atoms with Gasteiger partial charge in [0.2, 0.25) is 0 Å². The Labute approximate surface area is 106 Å². The average molecular weight is 270 g/mol. The average Bonchev–Trinajstić information content (AvgIpc) is 0. The first-order chi connectivity index (χ1) is 0. The van der Waals surface area contributed by atoms with Crippen molar-refractivity contribution in [3.63, 3.8) is 0 Å². The maximum atomic E-state index is 0. The summed E-state index contributed by atoms with van der Waals surface area (Å²) in [4.78, 5) is 0. The number of rotatable bonds is 0. The van der Waals surface area contributed by atoms with E-state index >= 15 is 0 Å². The van der Waals surface area contributed by atoms with Gasteiger partial charge in [0, 0.05) is 19.5 Å². The second kappa shape index (κ2) is 16.3. The second-order valence-corrected chi connectivity index (χ2v) is 0. The molecule has 0 spiro atoms. The normalized spacial score (nSPS) is 0. The Kier molecular flexibility index (Phi) is 109. The first-order valence-corrected chi connectivity index (χ1v) is 0. The molecule has 0 fully saturated rings. The van der Waals surface area contributed by atoms with Gasteiger partial charge in [-0.2, -0.15) is 0 Å². The summed E-state index contributed by atoms with van der Waals surface area (Å²) >= 11 is 0. The van der Waals surface area contributed by atoms with Crippen molar-refractivity contribution < 1.29 is 72.3 Å². The van der Waals surface area contributed by atoms with Crippen LogP contribution in [0.25, 0.3) is 0 Å². The summed E-state index contributed by atoms with van der Waals surface area (Å²) in [5.41, 5.74) is 0. The molecule has 0 aliphatic carbocycles. The van der Waals surface area contributed by atoms with Crippen LogP contribution in [-0.2, 0) is 19.5 Å². The van der Waals surface area contributed by atoms with Crippen LogP contribution in [0.1, 0.15) is 1.43 Å². The number of halogens is 2. The van der Waals surface area contributed by atoms with Gasteiger partial charge in [-0.25, -0.2) is 0 Å². The monoisotopic (exact) mass is 268 g/mol. The van der Waals surface area contributed by atoms with Gasteiger partial charge in [0.25, 0.3) is 0 Å². The molecule has 0 unspecified atom stereocenters. The Balaban J connectivity index is 0. The van der Waals surface area contributed by atoms with E-state index in [1.54, 1.807) is 0 Å². The number of hydrogen-bond acceptors (Lipinski definition) is 0. The third kappa shape index (κ3) is 8.99. The van der Waals surface area contributed by atoms with Crippen molar-refractivity contribution in [3.05, 3.63) is 0 Å². The van der Waals surface area contributed by atoms with Gasteiger partial charge < -0.3 is 1.43 Å². The fourth-order valence-corrected chi connectivity index (χ4v) is 0. The van der Waals surface area contributed by atoms with Gasteiger partial charge in [-0.1, -0.05) is 0 Å². The third-order valence-electron chi connectivity index (χ3n) is 0. The van der Waals surface area contributed by atoms with Gasteiger partial charge in [0.1, 0.15) is 0 Å². The van der Waals surface area contributed by atoms with Crippen molar-refractivity contribution in [2.45, 2.75) is 0 Å². The summed E-state index contributed by atoms with van der Waals surface area (Å²) in [5, 5.41) is 0. The maximum Gasteiger partial charge on any atom is 1.00 e. The third-order valence-corrected chi connectivity index (χ3v) is 0. The maximum absolute atomic E-state index is 0. The van der Waals surface area contributed by atoms with Crippen LogP contribution in [0.15, 0.2) is 0 Å². The predicted octanol–water partition coefficient (Wildman–Crippen LogP) is -1.85. The topological polar surface area (TPSA) is 0 Å². The first kappa shape index (κ1) is 26.7. The molecular weight excluding hydrogens is 267 g/mol. The van der Waals surface area contributed by atoms with Crippen LogP contribution in [0.2, 0.25) is 0 Å². The van der Waals surface area contributed by atoms with Gasteiger partial charge in [-0.05, 0) is 0 Å². The Morgan fingerprint density at radius 2 is 1.25 bits per heavy atom. The van der Waals surface area contributed by atoms with Crippen LogP contribution in [0.4, 0.5) is 0 Å². The van der Waals surface area contributed by atoms with Crippen molar-refractivity contribution in [3.8, 4) is 0 Å². The van der Waals surface area contributed by atoms with Crippen molar-refractivity contribution in [2.75, 3.05) is 0 Å². The molecule has 0 aromatic rings. The standard InChI is InChI=1S/ClH.HI.K.Zn.H/h2*1H;;;/q;;+1;;-1. The molecule has 4 heavy (non-hydrogen) atoms. The molecule has 0 rings (SSSR count). The van der Waals surface area contributed by atoms with Crippen LogP contribution in [0.3, 0.4) is 0 Å². The molecule has 0 heterocycles. The van der Waals surface area contributed by atoms with Crippen LogP contribution in [0.5, 0.6) is 0 Å². The Bertz CT molecular complexity index is 11.6. The minimum atomic E-state index is 0. The van der Waals surface area contributed by atoms with E-state index in [1.807, 2.05) is 0 Å². The predicted molar refractivity (Wildman–Crippen MR) is 23.8 cm³/mol. The van der Waals surface area contributed by atoms with Crippen LogP contribution < -0.4 is 51.4 Å². The van der Waals surface area contributed by atoms with E-state index in [1.165, 1.54) is 0 Å². The van der Waals surface area contributed by atoms with Crippen molar-refractivity contribution >= 4 is 36.4 Å². The molecule has 0 aromatic carbocycles. The SMILES string of the molecule is Cl.I.[H-].[K+].[Zn]. The molecule has 0 N–H and O–H groups in total. The molecule has 0 saturated carbocycles. The largest absolute Gasteiger partial charge is 1.00 e. The molecule has 0 aliphatic rings. The molecule has 0 nitrogen and oxygen atoms in total. The summed E-state index contributed by atoms with van der Waals surface area (Å²) in [6.07, 6.45) is 0. The van der Waals surface area contributed by atoms with E-state index in [0.717, 1.165) is 0 Å². The molecule has 0 saturated heterocycles. The van der Waals surface area contributed by atoms with Crippen molar-refractivity contribution in [2.24, 2.45) is 0 Å². The molecule has 0 bridgehead atoms. The number of hydrogen-bond donors (Lipinski definition) is 0.